The molecule has 0 aliphatic heterocycles. The Morgan fingerprint density at radius 3 is 1.46 bits per heavy atom. The highest BCUT2D eigenvalue weighted by molar-refractivity contribution is 7.47. The molecule has 0 amide bonds. The van der Waals surface area contributed by atoms with Crippen LogP contribution in [0, 0.1) is 0 Å². The summed E-state index contributed by atoms with van der Waals surface area (Å²) in [6, 6.07) is 0. The minimum atomic E-state index is -4.38. The zero-order chi connectivity index (χ0) is 41.4. The van der Waals surface area contributed by atoms with Crippen LogP contribution in [0.15, 0.2) is 48.6 Å². The minimum absolute atomic E-state index is 0.0260. The van der Waals surface area contributed by atoms with Crippen LogP contribution >= 0.6 is 7.82 Å². The van der Waals surface area contributed by atoms with Gasteiger partial charge in [0.25, 0.3) is 0 Å². The zero-order valence-electron chi connectivity index (χ0n) is 36.6. The lowest BCUT2D eigenvalue weighted by molar-refractivity contribution is -0.870. The summed E-state index contributed by atoms with van der Waals surface area (Å²) in [5.74, 6) is -0.833. The van der Waals surface area contributed by atoms with E-state index in [1.165, 1.54) is 89.9 Å². The molecule has 0 aliphatic carbocycles. The summed E-state index contributed by atoms with van der Waals surface area (Å²) in [7, 11) is 1.46. The summed E-state index contributed by atoms with van der Waals surface area (Å²) in [6.07, 6.45) is 44.4. The van der Waals surface area contributed by atoms with Crippen molar-refractivity contribution < 1.29 is 42.1 Å². The summed E-state index contributed by atoms with van der Waals surface area (Å²) >= 11 is 0. The number of hydrogen-bond donors (Lipinski definition) is 1. The first-order valence-corrected chi connectivity index (χ1v) is 23.9. The number of ether oxygens (including phenoxy) is 2. The molecule has 0 rings (SSSR count). The van der Waals surface area contributed by atoms with Gasteiger partial charge in [0, 0.05) is 12.8 Å². The highest BCUT2D eigenvalue weighted by atomic mass is 31.2. The fourth-order valence-electron chi connectivity index (χ4n) is 5.82. The maximum Gasteiger partial charge on any atom is 0.472 e. The van der Waals surface area contributed by atoms with Crippen LogP contribution in [0.5, 0.6) is 0 Å². The molecule has 0 spiro atoms. The second-order valence-corrected chi connectivity index (χ2v) is 17.5. The van der Waals surface area contributed by atoms with Gasteiger partial charge in [0.2, 0.25) is 0 Å². The van der Waals surface area contributed by atoms with Crippen molar-refractivity contribution in [2.75, 3.05) is 47.5 Å². The molecule has 0 heterocycles. The third-order valence-electron chi connectivity index (χ3n) is 9.36. The maximum atomic E-state index is 12.7. The number of phosphoric acid groups is 1. The van der Waals surface area contributed by atoms with Gasteiger partial charge >= 0.3 is 19.8 Å². The maximum absolute atomic E-state index is 12.7. The van der Waals surface area contributed by atoms with Crippen LogP contribution in [0.3, 0.4) is 0 Å². The summed E-state index contributed by atoms with van der Waals surface area (Å²) in [6.45, 7) is 4.35. The van der Waals surface area contributed by atoms with Crippen molar-refractivity contribution in [1.82, 2.24) is 0 Å². The number of allylic oxidation sites excluding steroid dienone is 8. The van der Waals surface area contributed by atoms with Crippen LogP contribution in [0.1, 0.15) is 181 Å². The van der Waals surface area contributed by atoms with Crippen molar-refractivity contribution in [3.63, 3.8) is 0 Å². The van der Waals surface area contributed by atoms with Crippen molar-refractivity contribution >= 4 is 19.8 Å². The fraction of sp³-hybridized carbons (Fsp3) is 0.783. The van der Waals surface area contributed by atoms with Crippen LogP contribution < -0.4 is 0 Å². The molecule has 2 atom stereocenters. The van der Waals surface area contributed by atoms with E-state index in [0.29, 0.717) is 23.9 Å². The summed E-state index contributed by atoms with van der Waals surface area (Å²) in [5, 5.41) is 0. The molecule has 0 aromatic heterocycles. The second-order valence-electron chi connectivity index (χ2n) is 16.1. The molecule has 56 heavy (non-hydrogen) atoms. The van der Waals surface area contributed by atoms with E-state index in [4.69, 9.17) is 18.5 Å². The molecule has 0 aliphatic rings. The van der Waals surface area contributed by atoms with Gasteiger partial charge in [0.15, 0.2) is 6.10 Å². The van der Waals surface area contributed by atoms with Crippen LogP contribution in [-0.4, -0.2) is 74.9 Å². The third-order valence-corrected chi connectivity index (χ3v) is 10.3. The molecule has 0 saturated heterocycles. The van der Waals surface area contributed by atoms with E-state index in [2.05, 4.69) is 62.5 Å². The largest absolute Gasteiger partial charge is 0.472 e. The number of hydrogen-bond acceptors (Lipinski definition) is 7. The highest BCUT2D eigenvalue weighted by Gasteiger charge is 2.27. The molecule has 0 bridgehead atoms. The van der Waals surface area contributed by atoms with Crippen molar-refractivity contribution in [1.29, 1.82) is 0 Å². The van der Waals surface area contributed by atoms with Gasteiger partial charge in [-0.3, -0.25) is 18.6 Å². The minimum Gasteiger partial charge on any atom is -0.462 e. The van der Waals surface area contributed by atoms with Crippen molar-refractivity contribution in [2.45, 2.75) is 187 Å². The lowest BCUT2D eigenvalue weighted by Crippen LogP contribution is -2.37. The lowest BCUT2D eigenvalue weighted by Gasteiger charge is -2.24. The summed E-state index contributed by atoms with van der Waals surface area (Å²) < 4.78 is 34.3. The van der Waals surface area contributed by atoms with E-state index in [9.17, 15) is 19.0 Å². The molecule has 9 nitrogen and oxygen atoms in total. The predicted molar refractivity (Wildman–Crippen MR) is 233 cm³/mol. The smallest absolute Gasteiger partial charge is 0.462 e. The number of quaternary nitrogens is 1. The number of likely N-dealkylation sites (N-methyl/N-ethyl adjacent to an activating group) is 1. The van der Waals surface area contributed by atoms with Gasteiger partial charge in [-0.05, 0) is 57.8 Å². The van der Waals surface area contributed by atoms with E-state index >= 15 is 0 Å². The van der Waals surface area contributed by atoms with Gasteiger partial charge in [-0.15, -0.1) is 0 Å². The molecule has 1 N–H and O–H groups in total. The first-order valence-electron chi connectivity index (χ1n) is 22.4. The highest BCUT2D eigenvalue weighted by Crippen LogP contribution is 2.43. The number of carbonyl (C=O) groups excluding carboxylic acids is 2. The topological polar surface area (TPSA) is 108 Å². The number of phosphoric ester groups is 1. The van der Waals surface area contributed by atoms with E-state index in [0.717, 1.165) is 51.4 Å². The lowest BCUT2D eigenvalue weighted by atomic mass is 10.0. The number of carbonyl (C=O) groups is 2. The Labute approximate surface area is 343 Å². The van der Waals surface area contributed by atoms with E-state index in [-0.39, 0.29) is 26.1 Å². The van der Waals surface area contributed by atoms with Crippen molar-refractivity contribution in [3.05, 3.63) is 48.6 Å². The molecule has 10 heteroatoms. The summed E-state index contributed by atoms with van der Waals surface area (Å²) in [4.78, 5) is 35.3. The molecule has 0 radical (unpaired) electrons. The fourth-order valence-corrected chi connectivity index (χ4v) is 6.56. The molecule has 1 unspecified atom stereocenters. The van der Waals surface area contributed by atoms with Gasteiger partial charge in [0.1, 0.15) is 19.8 Å². The van der Waals surface area contributed by atoms with Gasteiger partial charge in [-0.25, -0.2) is 4.57 Å². The number of unbranched alkanes of at least 4 members (excludes halogenated alkanes) is 18. The van der Waals surface area contributed by atoms with E-state index in [1.54, 1.807) is 0 Å². The average molecular weight is 811 g/mol. The molecule has 0 saturated carbocycles. The predicted octanol–water partition coefficient (Wildman–Crippen LogP) is 12.7. The van der Waals surface area contributed by atoms with E-state index < -0.39 is 32.5 Å². The Morgan fingerprint density at radius 1 is 0.554 bits per heavy atom. The Hall–Kier alpha value is -2.03. The van der Waals surface area contributed by atoms with Crippen molar-refractivity contribution in [2.24, 2.45) is 0 Å². The van der Waals surface area contributed by atoms with Crippen LogP contribution in [0.25, 0.3) is 0 Å². The van der Waals surface area contributed by atoms with Crippen LogP contribution in [-0.2, 0) is 32.7 Å². The van der Waals surface area contributed by atoms with Crippen LogP contribution in [0.2, 0.25) is 0 Å². The van der Waals surface area contributed by atoms with Gasteiger partial charge < -0.3 is 18.9 Å². The standard InChI is InChI=1S/C46H84NO8P/c1-6-8-10-12-14-16-18-20-21-22-23-24-25-27-28-30-32-34-36-38-45(48)52-42-44(43-54-56(50,51)53-41-40-47(3,4)5)55-46(49)39-37-35-33-31-29-26-19-17-15-13-11-9-7-2/h14,16,20-21,23-24,27-28,44H,6-13,15,17-19,22,25-26,29-43H2,1-5H3/p+1/b16-14-,21-20-,24-23-,28-27-/t44-/m1/s1. The first kappa shape index (κ1) is 54.0. The number of nitrogens with zero attached hydrogens (tertiary/aromatic N) is 1. The Kier molecular flexibility index (Phi) is 37.1. The Bertz CT molecular complexity index is 1100. The van der Waals surface area contributed by atoms with Crippen molar-refractivity contribution in [3.8, 4) is 0 Å². The second kappa shape index (κ2) is 38.5. The monoisotopic (exact) mass is 811 g/mol. The van der Waals surface area contributed by atoms with Gasteiger partial charge in [-0.1, -0.05) is 159 Å². The molecule has 0 aromatic rings. The number of esters is 2. The Morgan fingerprint density at radius 2 is 0.964 bits per heavy atom. The molecular formula is C46H85NO8P+. The van der Waals surface area contributed by atoms with E-state index in [1.807, 2.05) is 21.1 Å². The normalized spacial score (nSPS) is 14.0. The molecule has 0 fully saturated rings. The first-order chi connectivity index (χ1) is 27.0. The quantitative estimate of drug-likeness (QED) is 0.0214. The molecule has 0 aromatic carbocycles. The van der Waals surface area contributed by atoms with Gasteiger partial charge in [0.05, 0.1) is 27.7 Å². The third kappa shape index (κ3) is 41.6. The average Bonchev–Trinajstić information content (AvgIpc) is 3.15. The number of rotatable bonds is 40. The Balaban J connectivity index is 4.40. The van der Waals surface area contributed by atoms with Crippen LogP contribution in [0.4, 0.5) is 0 Å². The SMILES string of the molecule is CCCCC/C=C\C/C=C\C/C=C\C/C=C\CCCCCC(=O)OC[C@H](COP(=O)(O)OCC[N+](C)(C)C)OC(=O)CCCCCCCCCCCCCCC. The molecule has 326 valence electrons. The van der Waals surface area contributed by atoms with Gasteiger partial charge in [-0.2, -0.15) is 0 Å². The molecular weight excluding hydrogens is 725 g/mol. The zero-order valence-corrected chi connectivity index (χ0v) is 37.5. The summed E-state index contributed by atoms with van der Waals surface area (Å²) in [5.41, 5.74) is 0.